The molecule has 0 saturated carbocycles. The smallest absolute Gasteiger partial charge is 0.222 e. The van der Waals surface area contributed by atoms with E-state index in [0.717, 1.165) is 11.8 Å². The zero-order valence-corrected chi connectivity index (χ0v) is 8.45. The van der Waals surface area contributed by atoms with Gasteiger partial charge in [-0.05, 0) is 23.2 Å². The molecule has 0 aliphatic carbocycles. The van der Waals surface area contributed by atoms with Crippen LogP contribution in [-0.2, 0) is 6.42 Å². The van der Waals surface area contributed by atoms with E-state index in [-0.39, 0.29) is 11.0 Å². The molecule has 2 heterocycles. The fourth-order valence-corrected chi connectivity index (χ4v) is 1.35. The van der Waals surface area contributed by atoms with Gasteiger partial charge in [0, 0.05) is 18.8 Å². The Kier molecular flexibility index (Phi) is 2.87. The molecule has 0 radical (unpaired) electrons. The third-order valence-electron chi connectivity index (χ3n) is 1.88. The summed E-state index contributed by atoms with van der Waals surface area (Å²) >= 11 is 5.58. The van der Waals surface area contributed by atoms with Crippen LogP contribution in [0.5, 0.6) is 0 Å². The van der Waals surface area contributed by atoms with E-state index < -0.39 is 5.82 Å². The van der Waals surface area contributed by atoms with Crippen LogP contribution < -0.4 is 0 Å². The van der Waals surface area contributed by atoms with Gasteiger partial charge in [-0.25, -0.2) is 14.4 Å². The summed E-state index contributed by atoms with van der Waals surface area (Å²) in [5.41, 5.74) is 1.16. The first-order valence-electron chi connectivity index (χ1n) is 4.31. The molecule has 0 spiro atoms. The minimum Gasteiger partial charge on any atom is -0.264 e. The van der Waals surface area contributed by atoms with Gasteiger partial charge in [0.1, 0.15) is 0 Å². The number of halogens is 2. The molecule has 0 aliphatic rings. The Labute approximate surface area is 91.0 Å². The van der Waals surface area contributed by atoms with Crippen molar-refractivity contribution in [1.82, 2.24) is 15.0 Å². The van der Waals surface area contributed by atoms with Crippen LogP contribution in [0.2, 0.25) is 5.28 Å². The zero-order valence-electron chi connectivity index (χ0n) is 7.69. The Morgan fingerprint density at radius 3 is 2.93 bits per heavy atom. The molecule has 0 fully saturated rings. The summed E-state index contributed by atoms with van der Waals surface area (Å²) in [6.45, 7) is 0. The van der Waals surface area contributed by atoms with E-state index in [1.807, 2.05) is 6.07 Å². The summed E-state index contributed by atoms with van der Waals surface area (Å²) in [4.78, 5) is 11.3. The number of rotatable bonds is 2. The average Bonchev–Trinajstić information content (AvgIpc) is 2.25. The molecule has 2 aromatic rings. The summed E-state index contributed by atoms with van der Waals surface area (Å²) in [6, 6.07) is 3.64. The van der Waals surface area contributed by atoms with Crippen molar-refractivity contribution in [2.75, 3.05) is 0 Å². The predicted octanol–water partition coefficient (Wildman–Crippen LogP) is 2.25. The molecular weight excluding hydrogens is 217 g/mol. The molecule has 0 aliphatic heterocycles. The van der Waals surface area contributed by atoms with Crippen LogP contribution in [0.4, 0.5) is 4.39 Å². The van der Waals surface area contributed by atoms with E-state index in [2.05, 4.69) is 15.0 Å². The third kappa shape index (κ3) is 2.47. The van der Waals surface area contributed by atoms with Gasteiger partial charge in [-0.15, -0.1) is 0 Å². The Morgan fingerprint density at radius 1 is 1.33 bits per heavy atom. The highest BCUT2D eigenvalue weighted by atomic mass is 35.5. The van der Waals surface area contributed by atoms with Gasteiger partial charge < -0.3 is 0 Å². The molecule has 0 aromatic carbocycles. The van der Waals surface area contributed by atoms with Crippen LogP contribution in [0.1, 0.15) is 11.3 Å². The Hall–Kier alpha value is -1.55. The summed E-state index contributed by atoms with van der Waals surface area (Å²) in [6.07, 6.45) is 4.76. The molecule has 76 valence electrons. The van der Waals surface area contributed by atoms with Gasteiger partial charge in [0.15, 0.2) is 5.82 Å². The third-order valence-corrected chi connectivity index (χ3v) is 2.06. The molecule has 0 unspecified atom stereocenters. The first kappa shape index (κ1) is 9.98. The molecule has 5 heteroatoms. The number of hydrogen-bond donors (Lipinski definition) is 0. The van der Waals surface area contributed by atoms with Crippen LogP contribution in [-0.4, -0.2) is 15.0 Å². The van der Waals surface area contributed by atoms with Crippen LogP contribution in [0.3, 0.4) is 0 Å². The zero-order chi connectivity index (χ0) is 10.7. The van der Waals surface area contributed by atoms with Gasteiger partial charge in [0.05, 0.1) is 11.9 Å². The van der Waals surface area contributed by atoms with Gasteiger partial charge in [-0.2, -0.15) is 0 Å². The largest absolute Gasteiger partial charge is 0.264 e. The molecule has 2 rings (SSSR count). The Balaban J connectivity index is 2.28. The number of nitrogens with zero attached hydrogens (tertiary/aromatic N) is 3. The summed E-state index contributed by atoms with van der Waals surface area (Å²) in [7, 11) is 0. The van der Waals surface area contributed by atoms with E-state index in [0.29, 0.717) is 6.42 Å². The van der Waals surface area contributed by atoms with Crippen LogP contribution >= 0.6 is 11.6 Å². The second-order valence-corrected chi connectivity index (χ2v) is 3.31. The van der Waals surface area contributed by atoms with Crippen molar-refractivity contribution in [3.63, 3.8) is 0 Å². The molecule has 0 bridgehead atoms. The van der Waals surface area contributed by atoms with Crippen LogP contribution in [0.25, 0.3) is 0 Å². The lowest BCUT2D eigenvalue weighted by molar-refractivity contribution is 0.595. The Bertz CT molecular complexity index is 461. The molecule has 0 amide bonds. The topological polar surface area (TPSA) is 38.7 Å². The van der Waals surface area contributed by atoms with Gasteiger partial charge in [-0.3, -0.25) is 4.98 Å². The average molecular weight is 224 g/mol. The van der Waals surface area contributed by atoms with E-state index >= 15 is 0 Å². The minimum atomic E-state index is -0.455. The lowest BCUT2D eigenvalue weighted by atomic mass is 10.1. The number of hydrogen-bond acceptors (Lipinski definition) is 3. The fraction of sp³-hybridized carbons (Fsp3) is 0.100. The van der Waals surface area contributed by atoms with E-state index in [1.165, 1.54) is 0 Å². The van der Waals surface area contributed by atoms with Gasteiger partial charge >= 0.3 is 0 Å². The summed E-state index contributed by atoms with van der Waals surface area (Å²) < 4.78 is 13.3. The van der Waals surface area contributed by atoms with E-state index in [1.54, 1.807) is 18.5 Å². The van der Waals surface area contributed by atoms with Crippen LogP contribution in [0.15, 0.2) is 30.7 Å². The first-order valence-corrected chi connectivity index (χ1v) is 4.69. The molecule has 0 N–H and O–H groups in total. The quantitative estimate of drug-likeness (QED) is 0.733. The van der Waals surface area contributed by atoms with Crippen molar-refractivity contribution in [3.8, 4) is 0 Å². The van der Waals surface area contributed by atoms with Crippen molar-refractivity contribution >= 4 is 11.6 Å². The number of pyridine rings is 1. The highest BCUT2D eigenvalue weighted by molar-refractivity contribution is 6.28. The second kappa shape index (κ2) is 4.31. The summed E-state index contributed by atoms with van der Waals surface area (Å²) in [5, 5.41) is 0.0512. The van der Waals surface area contributed by atoms with Crippen molar-refractivity contribution in [3.05, 3.63) is 53.1 Å². The highest BCUT2D eigenvalue weighted by Gasteiger charge is 2.06. The molecule has 2 aromatic heterocycles. The maximum Gasteiger partial charge on any atom is 0.222 e. The van der Waals surface area contributed by atoms with Crippen molar-refractivity contribution < 1.29 is 4.39 Å². The maximum absolute atomic E-state index is 13.3. The van der Waals surface area contributed by atoms with Crippen molar-refractivity contribution in [2.45, 2.75) is 6.42 Å². The molecule has 3 nitrogen and oxygen atoms in total. The van der Waals surface area contributed by atoms with Crippen molar-refractivity contribution in [1.29, 1.82) is 0 Å². The number of aromatic nitrogens is 3. The normalized spacial score (nSPS) is 10.3. The van der Waals surface area contributed by atoms with Gasteiger partial charge in [-0.1, -0.05) is 6.07 Å². The summed E-state index contributed by atoms with van der Waals surface area (Å²) in [5.74, 6) is -0.455. The fourth-order valence-electron chi connectivity index (χ4n) is 1.20. The molecule has 0 saturated heterocycles. The molecular formula is C10H7ClFN3. The molecule has 0 atom stereocenters. The van der Waals surface area contributed by atoms with Gasteiger partial charge in [0.25, 0.3) is 0 Å². The maximum atomic E-state index is 13.3. The highest BCUT2D eigenvalue weighted by Crippen LogP contribution is 2.11. The Morgan fingerprint density at radius 2 is 2.20 bits per heavy atom. The lowest BCUT2D eigenvalue weighted by Gasteiger charge is -2.01. The second-order valence-electron chi connectivity index (χ2n) is 2.97. The van der Waals surface area contributed by atoms with Crippen molar-refractivity contribution in [2.24, 2.45) is 0 Å². The standard InChI is InChI=1S/C10H7ClFN3/c11-10-14-6-8(12)9(15-10)4-7-2-1-3-13-5-7/h1-3,5-6H,4H2. The SMILES string of the molecule is Fc1cnc(Cl)nc1Cc1cccnc1. The van der Waals surface area contributed by atoms with Gasteiger partial charge in [0.2, 0.25) is 5.28 Å². The minimum absolute atomic E-state index is 0.0512. The van der Waals surface area contributed by atoms with E-state index in [9.17, 15) is 4.39 Å². The predicted molar refractivity (Wildman–Crippen MR) is 54.0 cm³/mol. The van der Waals surface area contributed by atoms with E-state index in [4.69, 9.17) is 11.6 Å². The molecule has 15 heavy (non-hydrogen) atoms. The monoisotopic (exact) mass is 223 g/mol. The van der Waals surface area contributed by atoms with Crippen LogP contribution in [0, 0.1) is 5.82 Å². The lowest BCUT2D eigenvalue weighted by Crippen LogP contribution is -1.99. The first-order chi connectivity index (χ1) is 7.25.